The minimum absolute atomic E-state index is 0.181. The Bertz CT molecular complexity index is 1560. The molecule has 0 aliphatic carbocycles. The molecule has 1 aliphatic rings. The lowest BCUT2D eigenvalue weighted by atomic mass is 10.0. The van der Waals surface area contributed by atoms with Crippen LogP contribution in [0.1, 0.15) is 35.3 Å². The van der Waals surface area contributed by atoms with Crippen LogP contribution in [0.3, 0.4) is 0 Å². The quantitative estimate of drug-likeness (QED) is 0.280. The number of halogens is 2. The van der Waals surface area contributed by atoms with E-state index in [2.05, 4.69) is 0 Å². The van der Waals surface area contributed by atoms with Crippen LogP contribution in [0.5, 0.6) is 0 Å². The van der Waals surface area contributed by atoms with E-state index >= 15 is 0 Å². The van der Waals surface area contributed by atoms with E-state index < -0.39 is 7.14 Å². The summed E-state index contributed by atoms with van der Waals surface area (Å²) in [5, 5.41) is 5.62. The van der Waals surface area contributed by atoms with Crippen LogP contribution in [0.2, 0.25) is 0 Å². The molecule has 2 aromatic carbocycles. The first kappa shape index (κ1) is 24.8. The van der Waals surface area contributed by atoms with Crippen molar-refractivity contribution in [1.82, 2.24) is 23.3 Å². The Morgan fingerprint density at radius 3 is 2.25 bits per heavy atom. The maximum absolute atomic E-state index is 14.4. The third-order valence-corrected chi connectivity index (χ3v) is 8.80. The summed E-state index contributed by atoms with van der Waals surface area (Å²) in [7, 11) is -2.40. The zero-order valence-electron chi connectivity index (χ0n) is 20.9. The molecule has 2 aromatic heterocycles. The maximum atomic E-state index is 14.4. The Hall–Kier alpha value is -2.93. The second-order valence-corrected chi connectivity index (χ2v) is 13.4. The van der Waals surface area contributed by atoms with Crippen molar-refractivity contribution in [2.75, 3.05) is 19.9 Å². The van der Waals surface area contributed by atoms with Gasteiger partial charge in [0.05, 0.1) is 23.1 Å². The number of hydrogen-bond acceptors (Lipinski definition) is 4. The van der Waals surface area contributed by atoms with Crippen molar-refractivity contribution < 1.29 is 8.96 Å². The smallest absolute Gasteiger partial charge is 0.319 e. The van der Waals surface area contributed by atoms with Gasteiger partial charge in [-0.05, 0) is 93.4 Å². The van der Waals surface area contributed by atoms with Crippen molar-refractivity contribution in [2.45, 2.75) is 33.2 Å². The lowest BCUT2D eigenvalue weighted by Crippen LogP contribution is -2.29. The number of hydrogen-bond donors (Lipinski definition) is 0. The highest BCUT2D eigenvalue weighted by Gasteiger charge is 2.32. The Balaban J connectivity index is 1.71. The second-order valence-electron chi connectivity index (χ2n) is 9.73. The van der Waals surface area contributed by atoms with E-state index in [0.717, 1.165) is 16.6 Å². The summed E-state index contributed by atoms with van der Waals surface area (Å²) in [4.78, 5) is 13.7. The standard InChI is InChI=1S/C26H28ClFN5O2P/c1-16-14-20(15-17(2)24(16)28)33-25(23-18(3)32(27)11-10-22(23)29-33)31-13-12-30(26(31)34)19-6-8-21(9-7-19)36(4,5)35/h6-9,12-15,18H,10-11H2,1-5H3. The topological polar surface area (TPSA) is 65.1 Å². The van der Waals surface area contributed by atoms with Crippen LogP contribution in [0, 0.1) is 19.7 Å². The molecule has 36 heavy (non-hydrogen) atoms. The fourth-order valence-corrected chi connectivity index (χ4v) is 5.84. The highest BCUT2D eigenvalue weighted by atomic mass is 35.5. The molecule has 0 amide bonds. The van der Waals surface area contributed by atoms with Crippen LogP contribution < -0.4 is 11.0 Å². The van der Waals surface area contributed by atoms with Crippen molar-refractivity contribution in [1.29, 1.82) is 0 Å². The molecule has 0 spiro atoms. The largest absolute Gasteiger partial charge is 0.338 e. The Morgan fingerprint density at radius 1 is 1.03 bits per heavy atom. The number of nitrogens with zero attached hydrogens (tertiary/aromatic N) is 5. The third kappa shape index (κ3) is 4.07. The molecule has 1 unspecified atom stereocenters. The molecule has 0 saturated heterocycles. The van der Waals surface area contributed by atoms with Gasteiger partial charge in [0, 0.05) is 36.2 Å². The van der Waals surface area contributed by atoms with Crippen LogP contribution in [-0.2, 0) is 11.0 Å². The van der Waals surface area contributed by atoms with Gasteiger partial charge in [-0.15, -0.1) is 0 Å². The summed E-state index contributed by atoms with van der Waals surface area (Å²) < 4.78 is 33.4. The van der Waals surface area contributed by atoms with Gasteiger partial charge < -0.3 is 4.57 Å². The minimum Gasteiger partial charge on any atom is -0.319 e. The summed E-state index contributed by atoms with van der Waals surface area (Å²) >= 11 is 6.50. The van der Waals surface area contributed by atoms with Crippen LogP contribution in [0.4, 0.5) is 4.39 Å². The average Bonchev–Trinajstić information content (AvgIpc) is 3.39. The number of aromatic nitrogens is 4. The van der Waals surface area contributed by atoms with Crippen molar-refractivity contribution in [2.24, 2.45) is 0 Å². The monoisotopic (exact) mass is 527 g/mol. The molecule has 188 valence electrons. The van der Waals surface area contributed by atoms with Gasteiger partial charge in [0.1, 0.15) is 18.8 Å². The molecule has 0 fully saturated rings. The Labute approximate surface area is 214 Å². The highest BCUT2D eigenvalue weighted by molar-refractivity contribution is 7.70. The third-order valence-electron chi connectivity index (χ3n) is 6.79. The van der Waals surface area contributed by atoms with E-state index in [1.807, 2.05) is 6.92 Å². The van der Waals surface area contributed by atoms with Gasteiger partial charge in [-0.25, -0.2) is 18.3 Å². The lowest BCUT2D eigenvalue weighted by molar-refractivity contribution is 0.347. The second kappa shape index (κ2) is 8.87. The normalized spacial score (nSPS) is 16.4. The van der Waals surface area contributed by atoms with Crippen LogP contribution in [0.25, 0.3) is 17.2 Å². The van der Waals surface area contributed by atoms with E-state index in [1.165, 1.54) is 4.57 Å². The van der Waals surface area contributed by atoms with Crippen LogP contribution in [-0.4, -0.2) is 43.2 Å². The van der Waals surface area contributed by atoms with E-state index in [9.17, 15) is 13.8 Å². The summed E-state index contributed by atoms with van der Waals surface area (Å²) in [5.41, 5.74) is 3.79. The summed E-state index contributed by atoms with van der Waals surface area (Å²) in [6.07, 6.45) is 4.04. The molecule has 0 N–H and O–H groups in total. The molecule has 0 radical (unpaired) electrons. The van der Waals surface area contributed by atoms with Gasteiger partial charge in [-0.1, -0.05) is 0 Å². The van der Waals surface area contributed by atoms with Crippen molar-refractivity contribution >= 4 is 24.2 Å². The van der Waals surface area contributed by atoms with E-state index in [-0.39, 0.29) is 17.5 Å². The molecule has 1 aliphatic heterocycles. The first-order valence-electron chi connectivity index (χ1n) is 11.7. The zero-order valence-corrected chi connectivity index (χ0v) is 22.5. The van der Waals surface area contributed by atoms with Gasteiger partial charge in [-0.2, -0.15) is 5.10 Å². The van der Waals surface area contributed by atoms with Crippen molar-refractivity contribution in [3.63, 3.8) is 0 Å². The number of benzene rings is 2. The van der Waals surface area contributed by atoms with Crippen LogP contribution >= 0.6 is 18.9 Å². The molecule has 0 bridgehead atoms. The summed E-state index contributed by atoms with van der Waals surface area (Å²) in [5.74, 6) is 0.327. The number of imidazole rings is 1. The first-order valence-corrected chi connectivity index (χ1v) is 14.7. The molecule has 10 heteroatoms. The summed E-state index contributed by atoms with van der Waals surface area (Å²) in [6.45, 7) is 9.49. The van der Waals surface area contributed by atoms with Gasteiger partial charge in [-0.3, -0.25) is 9.13 Å². The van der Waals surface area contributed by atoms with Crippen molar-refractivity contribution in [3.8, 4) is 17.2 Å². The van der Waals surface area contributed by atoms with Crippen LogP contribution in [0.15, 0.2) is 53.6 Å². The Kier molecular flexibility index (Phi) is 6.10. The molecule has 1 atom stereocenters. The molecule has 5 rings (SSSR count). The molecule has 0 saturated carbocycles. The highest BCUT2D eigenvalue weighted by Crippen LogP contribution is 2.37. The maximum Gasteiger partial charge on any atom is 0.338 e. The first-order chi connectivity index (χ1) is 17.0. The van der Waals surface area contributed by atoms with E-state index in [1.54, 1.807) is 89.6 Å². The van der Waals surface area contributed by atoms with Gasteiger partial charge in [0.15, 0.2) is 0 Å². The van der Waals surface area contributed by atoms with Gasteiger partial charge >= 0.3 is 5.69 Å². The fraction of sp³-hybridized carbons (Fsp3) is 0.308. The Morgan fingerprint density at radius 2 is 1.64 bits per heavy atom. The van der Waals surface area contributed by atoms with Gasteiger partial charge in [0.25, 0.3) is 0 Å². The van der Waals surface area contributed by atoms with E-state index in [0.29, 0.717) is 41.3 Å². The van der Waals surface area contributed by atoms with E-state index in [4.69, 9.17) is 16.9 Å². The number of fused-ring (bicyclic) bond motifs is 1. The fourth-order valence-electron chi connectivity index (χ4n) is 4.79. The zero-order chi connectivity index (χ0) is 25.9. The molecule has 4 aromatic rings. The molecule has 7 nitrogen and oxygen atoms in total. The van der Waals surface area contributed by atoms with Crippen molar-refractivity contribution in [3.05, 3.63) is 87.5 Å². The SMILES string of the molecule is Cc1cc(-n2nc3c(c2-n2ccn(-c4ccc(P(C)(C)=O)cc4)c2=O)C(C)N(Cl)CC3)cc(C)c1F. The number of rotatable bonds is 4. The lowest BCUT2D eigenvalue weighted by Gasteiger charge is -2.27. The molecular formula is C26H28ClFN5O2P. The number of aryl methyl sites for hydroxylation is 2. The average molecular weight is 528 g/mol. The molecule has 3 heterocycles. The molecular weight excluding hydrogens is 500 g/mol. The summed E-state index contributed by atoms with van der Waals surface area (Å²) in [6, 6.07) is 10.5. The predicted molar refractivity (Wildman–Crippen MR) is 142 cm³/mol. The minimum atomic E-state index is -2.40. The predicted octanol–water partition coefficient (Wildman–Crippen LogP) is 4.89. The van der Waals surface area contributed by atoms with Gasteiger partial charge in [0.2, 0.25) is 0 Å².